The summed E-state index contributed by atoms with van der Waals surface area (Å²) in [4.78, 5) is 4.61. The molecule has 2 fully saturated rings. The van der Waals surface area contributed by atoms with Gasteiger partial charge in [-0.05, 0) is 24.3 Å². The number of nitrogens with zero attached hydrogens (tertiary/aromatic N) is 2. The number of hydrogen-bond donors (Lipinski definition) is 1. The molecule has 7 heteroatoms. The van der Waals surface area contributed by atoms with Crippen LogP contribution in [0.15, 0.2) is 59.6 Å². The van der Waals surface area contributed by atoms with Crippen LogP contribution in [0.1, 0.15) is 0 Å². The third-order valence-electron chi connectivity index (χ3n) is 5.00. The van der Waals surface area contributed by atoms with Crippen molar-refractivity contribution in [3.05, 3.63) is 54.7 Å². The van der Waals surface area contributed by atoms with Crippen LogP contribution < -0.4 is 5.32 Å². The molecule has 1 aromatic carbocycles. The van der Waals surface area contributed by atoms with Gasteiger partial charge in [-0.3, -0.25) is 0 Å². The minimum Gasteiger partial charge on any atom is -0.376 e. The van der Waals surface area contributed by atoms with Gasteiger partial charge in [0.25, 0.3) is 0 Å². The second-order valence-corrected chi connectivity index (χ2v) is 8.46. The number of benzene rings is 1. The van der Waals surface area contributed by atoms with Crippen molar-refractivity contribution in [1.29, 1.82) is 0 Å². The Bertz CT molecular complexity index is 814. The Morgan fingerprint density at radius 1 is 1.12 bits per heavy atom. The largest absolute Gasteiger partial charge is 0.376 e. The number of anilines is 1. The molecule has 0 saturated carbocycles. The fourth-order valence-electron chi connectivity index (χ4n) is 3.61. The van der Waals surface area contributed by atoms with Gasteiger partial charge in [-0.15, -0.1) is 0 Å². The Morgan fingerprint density at radius 3 is 2.68 bits per heavy atom. The summed E-state index contributed by atoms with van der Waals surface area (Å²) in [7, 11) is -3.45. The van der Waals surface area contributed by atoms with E-state index in [2.05, 4.69) is 10.3 Å². The molecular formula is C18H21N3O3S. The van der Waals surface area contributed by atoms with E-state index in [-0.39, 0.29) is 17.9 Å². The molecule has 0 amide bonds. The fraction of sp³-hybridized carbons (Fsp3) is 0.389. The van der Waals surface area contributed by atoms with Crippen molar-refractivity contribution in [1.82, 2.24) is 9.29 Å². The van der Waals surface area contributed by atoms with Gasteiger partial charge < -0.3 is 10.1 Å². The van der Waals surface area contributed by atoms with Crippen LogP contribution in [-0.2, 0) is 14.8 Å². The topological polar surface area (TPSA) is 71.5 Å². The van der Waals surface area contributed by atoms with Gasteiger partial charge in [0.05, 0.1) is 17.6 Å². The van der Waals surface area contributed by atoms with Gasteiger partial charge in [-0.1, -0.05) is 24.3 Å². The zero-order chi connectivity index (χ0) is 17.3. The Kier molecular flexibility index (Phi) is 4.45. The SMILES string of the molecule is O=S(=O)(c1ccccc1)N1C[C@@H]2[C@H](CNc3ccccn3)CO[C@@H]2C1. The van der Waals surface area contributed by atoms with Crippen LogP contribution in [0, 0.1) is 11.8 Å². The molecule has 2 aromatic rings. The number of hydrogen-bond acceptors (Lipinski definition) is 5. The van der Waals surface area contributed by atoms with Gasteiger partial charge in [0.1, 0.15) is 5.82 Å². The fourth-order valence-corrected chi connectivity index (χ4v) is 5.12. The molecule has 0 radical (unpaired) electrons. The van der Waals surface area contributed by atoms with Gasteiger partial charge in [0.15, 0.2) is 0 Å². The average Bonchev–Trinajstić information content (AvgIpc) is 3.23. The van der Waals surface area contributed by atoms with Gasteiger partial charge in [-0.25, -0.2) is 13.4 Å². The van der Waals surface area contributed by atoms with E-state index in [4.69, 9.17) is 4.74 Å². The molecule has 1 N–H and O–H groups in total. The summed E-state index contributed by atoms with van der Waals surface area (Å²) < 4.78 is 33.0. The van der Waals surface area contributed by atoms with Gasteiger partial charge in [0, 0.05) is 37.7 Å². The third kappa shape index (κ3) is 3.27. The molecule has 0 bridgehead atoms. The normalized spacial score (nSPS) is 26.5. The third-order valence-corrected chi connectivity index (χ3v) is 6.84. The molecule has 2 aliphatic heterocycles. The molecule has 1 aromatic heterocycles. The van der Waals surface area contributed by atoms with Crippen LogP contribution in [-0.4, -0.2) is 50.1 Å². The maximum atomic E-state index is 12.8. The summed E-state index contributed by atoms with van der Waals surface area (Å²) in [6.45, 7) is 2.34. The molecule has 2 aliphatic rings. The minimum absolute atomic E-state index is 0.0194. The highest BCUT2D eigenvalue weighted by Gasteiger charge is 2.47. The molecule has 6 nitrogen and oxygen atoms in total. The Labute approximate surface area is 147 Å². The molecule has 3 atom stereocenters. The summed E-state index contributed by atoms with van der Waals surface area (Å²) in [6.07, 6.45) is 1.73. The zero-order valence-electron chi connectivity index (χ0n) is 13.8. The van der Waals surface area contributed by atoms with E-state index in [9.17, 15) is 8.42 Å². The number of nitrogens with one attached hydrogen (secondary N) is 1. The van der Waals surface area contributed by atoms with Crippen molar-refractivity contribution >= 4 is 15.8 Å². The maximum Gasteiger partial charge on any atom is 0.243 e. The first-order valence-corrected chi connectivity index (χ1v) is 9.90. The Morgan fingerprint density at radius 2 is 1.92 bits per heavy atom. The summed E-state index contributed by atoms with van der Waals surface area (Å²) in [6, 6.07) is 14.3. The Hall–Kier alpha value is -1.96. The second-order valence-electron chi connectivity index (χ2n) is 6.53. The molecule has 3 heterocycles. The number of fused-ring (bicyclic) bond motifs is 1. The first-order chi connectivity index (χ1) is 12.1. The predicted molar refractivity (Wildman–Crippen MR) is 94.6 cm³/mol. The highest BCUT2D eigenvalue weighted by molar-refractivity contribution is 7.89. The van der Waals surface area contributed by atoms with Crippen molar-refractivity contribution in [2.75, 3.05) is 31.6 Å². The van der Waals surface area contributed by atoms with Crippen molar-refractivity contribution in [2.45, 2.75) is 11.0 Å². The molecule has 132 valence electrons. The van der Waals surface area contributed by atoms with Crippen LogP contribution >= 0.6 is 0 Å². The molecule has 2 saturated heterocycles. The van der Waals surface area contributed by atoms with Gasteiger partial charge in [-0.2, -0.15) is 4.31 Å². The Balaban J connectivity index is 1.43. The lowest BCUT2D eigenvalue weighted by molar-refractivity contribution is 0.104. The lowest BCUT2D eigenvalue weighted by Crippen LogP contribution is -2.32. The molecule has 0 spiro atoms. The molecule has 0 unspecified atom stereocenters. The van der Waals surface area contributed by atoms with E-state index in [1.54, 1.807) is 34.8 Å². The van der Waals surface area contributed by atoms with E-state index >= 15 is 0 Å². The first-order valence-electron chi connectivity index (χ1n) is 8.46. The van der Waals surface area contributed by atoms with Gasteiger partial charge >= 0.3 is 0 Å². The summed E-state index contributed by atoms with van der Waals surface area (Å²) >= 11 is 0. The van der Waals surface area contributed by atoms with Crippen LogP contribution in [0.2, 0.25) is 0 Å². The lowest BCUT2D eigenvalue weighted by atomic mass is 9.93. The monoisotopic (exact) mass is 359 g/mol. The highest BCUT2D eigenvalue weighted by atomic mass is 32.2. The van der Waals surface area contributed by atoms with Crippen molar-refractivity contribution in [3.8, 4) is 0 Å². The smallest absolute Gasteiger partial charge is 0.243 e. The van der Waals surface area contributed by atoms with Gasteiger partial charge in [0.2, 0.25) is 10.0 Å². The van der Waals surface area contributed by atoms with E-state index < -0.39 is 10.0 Å². The maximum absolute atomic E-state index is 12.8. The van der Waals surface area contributed by atoms with E-state index in [1.165, 1.54) is 0 Å². The van der Waals surface area contributed by atoms with Crippen molar-refractivity contribution in [2.24, 2.45) is 11.8 Å². The minimum atomic E-state index is -3.45. The summed E-state index contributed by atoms with van der Waals surface area (Å²) in [5.74, 6) is 1.33. The molecular weight excluding hydrogens is 338 g/mol. The lowest BCUT2D eigenvalue weighted by Gasteiger charge is -2.20. The quantitative estimate of drug-likeness (QED) is 0.882. The predicted octanol–water partition coefficient (Wildman–Crippen LogP) is 1.83. The number of pyridine rings is 1. The summed E-state index contributed by atoms with van der Waals surface area (Å²) in [5.41, 5.74) is 0. The van der Waals surface area contributed by atoms with Crippen LogP contribution in [0.5, 0.6) is 0 Å². The molecule has 0 aliphatic carbocycles. The number of ether oxygens (including phenoxy) is 1. The van der Waals surface area contributed by atoms with E-state index in [0.29, 0.717) is 24.6 Å². The average molecular weight is 359 g/mol. The van der Waals surface area contributed by atoms with E-state index in [1.807, 2.05) is 24.3 Å². The molecule has 25 heavy (non-hydrogen) atoms. The number of sulfonamides is 1. The zero-order valence-corrected chi connectivity index (χ0v) is 14.6. The van der Waals surface area contributed by atoms with Crippen molar-refractivity contribution < 1.29 is 13.2 Å². The standard InChI is InChI=1S/C18H21N3O3S/c22-25(23,15-6-2-1-3-7-15)21-11-16-14(13-24-17(16)12-21)10-20-18-8-4-5-9-19-18/h1-9,14,16-17H,10-13H2,(H,19,20)/t14-,16-,17-/m1/s1. The highest BCUT2D eigenvalue weighted by Crippen LogP contribution is 2.36. The first kappa shape index (κ1) is 16.5. The molecule has 4 rings (SSSR count). The van der Waals surface area contributed by atoms with E-state index in [0.717, 1.165) is 12.4 Å². The number of rotatable bonds is 5. The van der Waals surface area contributed by atoms with Crippen LogP contribution in [0.4, 0.5) is 5.82 Å². The summed E-state index contributed by atoms with van der Waals surface area (Å²) in [5, 5.41) is 3.33. The van der Waals surface area contributed by atoms with Crippen molar-refractivity contribution in [3.63, 3.8) is 0 Å². The number of aromatic nitrogens is 1. The van der Waals surface area contributed by atoms with Crippen LogP contribution in [0.3, 0.4) is 0 Å². The second kappa shape index (κ2) is 6.74. The van der Waals surface area contributed by atoms with Crippen LogP contribution in [0.25, 0.3) is 0 Å².